The van der Waals surface area contributed by atoms with Gasteiger partial charge in [-0.1, -0.05) is 23.8 Å². The molecule has 1 fully saturated rings. The number of hydrogen-bond acceptors (Lipinski definition) is 2. The van der Waals surface area contributed by atoms with Crippen LogP contribution in [-0.4, -0.2) is 28.6 Å². The molecule has 1 heterocycles. The Bertz CT molecular complexity index is 428. The predicted molar refractivity (Wildman–Crippen MR) is 67.0 cm³/mol. The summed E-state index contributed by atoms with van der Waals surface area (Å²) in [6, 6.07) is 6.06. The van der Waals surface area contributed by atoms with Crippen LogP contribution in [0.2, 0.25) is 0 Å². The van der Waals surface area contributed by atoms with Gasteiger partial charge < -0.3 is 5.11 Å². The molecule has 3 nitrogen and oxygen atoms in total. The van der Waals surface area contributed by atoms with Gasteiger partial charge >= 0.3 is 5.97 Å². The Labute approximate surface area is 102 Å². The second kappa shape index (κ2) is 4.88. The van der Waals surface area contributed by atoms with Gasteiger partial charge in [-0.3, -0.25) is 9.69 Å². The fraction of sp³-hybridized carbons (Fsp3) is 0.500. The van der Waals surface area contributed by atoms with E-state index in [1.54, 1.807) is 0 Å². The molecule has 1 N–H and O–H groups in total. The van der Waals surface area contributed by atoms with Gasteiger partial charge in [-0.05, 0) is 44.4 Å². The third-order valence-corrected chi connectivity index (χ3v) is 3.52. The molecule has 1 atom stereocenters. The largest absolute Gasteiger partial charge is 0.480 e. The zero-order chi connectivity index (χ0) is 12.4. The van der Waals surface area contributed by atoms with E-state index in [0.29, 0.717) is 0 Å². The van der Waals surface area contributed by atoms with Gasteiger partial charge in [0.25, 0.3) is 0 Å². The summed E-state index contributed by atoms with van der Waals surface area (Å²) in [5.74, 6) is -0.688. The van der Waals surface area contributed by atoms with Crippen LogP contribution in [-0.2, 0) is 11.3 Å². The van der Waals surface area contributed by atoms with Gasteiger partial charge in [-0.25, -0.2) is 0 Å². The van der Waals surface area contributed by atoms with Crippen molar-refractivity contribution < 1.29 is 9.90 Å². The summed E-state index contributed by atoms with van der Waals surface area (Å²) in [7, 11) is 0. The zero-order valence-electron chi connectivity index (χ0n) is 10.4. The molecule has 1 aromatic carbocycles. The first kappa shape index (κ1) is 12.1. The van der Waals surface area contributed by atoms with Gasteiger partial charge in [0.2, 0.25) is 0 Å². The third-order valence-electron chi connectivity index (χ3n) is 3.52. The number of nitrogens with zero attached hydrogens (tertiary/aromatic N) is 1. The van der Waals surface area contributed by atoms with E-state index in [2.05, 4.69) is 36.9 Å². The summed E-state index contributed by atoms with van der Waals surface area (Å²) in [5.41, 5.74) is 3.74. The summed E-state index contributed by atoms with van der Waals surface area (Å²) in [5, 5.41) is 9.13. The Morgan fingerprint density at radius 3 is 2.88 bits per heavy atom. The second-order valence-electron chi connectivity index (χ2n) is 4.90. The predicted octanol–water partition coefficient (Wildman–Crippen LogP) is 2.35. The van der Waals surface area contributed by atoms with Crippen molar-refractivity contribution >= 4 is 5.97 Å². The van der Waals surface area contributed by atoms with E-state index >= 15 is 0 Å². The molecule has 0 bridgehead atoms. The molecule has 0 radical (unpaired) electrons. The number of hydrogen-bond donors (Lipinski definition) is 1. The summed E-state index contributed by atoms with van der Waals surface area (Å²) in [4.78, 5) is 13.2. The SMILES string of the molecule is Cc1ccc(CN2CCC[C@H]2C(=O)O)c(C)c1. The van der Waals surface area contributed by atoms with Crippen LogP contribution in [0.5, 0.6) is 0 Å². The highest BCUT2D eigenvalue weighted by atomic mass is 16.4. The van der Waals surface area contributed by atoms with Crippen LogP contribution in [0.4, 0.5) is 0 Å². The minimum atomic E-state index is -0.688. The molecule has 1 aliphatic heterocycles. The van der Waals surface area contributed by atoms with Crippen LogP contribution in [0.3, 0.4) is 0 Å². The van der Waals surface area contributed by atoms with Crippen LogP contribution in [0.1, 0.15) is 29.5 Å². The number of aliphatic carboxylic acids is 1. The maximum atomic E-state index is 11.1. The van der Waals surface area contributed by atoms with E-state index in [0.717, 1.165) is 25.9 Å². The van der Waals surface area contributed by atoms with Gasteiger partial charge in [0.15, 0.2) is 0 Å². The van der Waals surface area contributed by atoms with Crippen LogP contribution in [0.15, 0.2) is 18.2 Å². The quantitative estimate of drug-likeness (QED) is 0.871. The highest BCUT2D eigenvalue weighted by molar-refractivity contribution is 5.73. The average Bonchev–Trinajstić information content (AvgIpc) is 2.70. The molecule has 0 saturated carbocycles. The lowest BCUT2D eigenvalue weighted by atomic mass is 10.1. The number of benzene rings is 1. The van der Waals surface area contributed by atoms with E-state index in [1.807, 2.05) is 0 Å². The first-order valence-corrected chi connectivity index (χ1v) is 6.11. The Morgan fingerprint density at radius 2 is 2.24 bits per heavy atom. The second-order valence-corrected chi connectivity index (χ2v) is 4.90. The Kier molecular flexibility index (Phi) is 3.48. The number of carboxylic acids is 1. The first-order valence-electron chi connectivity index (χ1n) is 6.11. The topological polar surface area (TPSA) is 40.5 Å². The summed E-state index contributed by atoms with van der Waals surface area (Å²) >= 11 is 0. The van der Waals surface area contributed by atoms with E-state index in [9.17, 15) is 4.79 Å². The molecule has 1 aromatic rings. The fourth-order valence-corrected chi connectivity index (χ4v) is 2.54. The number of carbonyl (C=O) groups is 1. The van der Waals surface area contributed by atoms with Crippen LogP contribution in [0, 0.1) is 13.8 Å². The monoisotopic (exact) mass is 233 g/mol. The van der Waals surface area contributed by atoms with Crippen molar-refractivity contribution in [1.82, 2.24) is 4.90 Å². The average molecular weight is 233 g/mol. The van der Waals surface area contributed by atoms with Crippen molar-refractivity contribution in [1.29, 1.82) is 0 Å². The molecular formula is C14H19NO2. The molecule has 0 aromatic heterocycles. The third kappa shape index (κ3) is 2.67. The number of rotatable bonds is 3. The van der Waals surface area contributed by atoms with Crippen molar-refractivity contribution in [2.24, 2.45) is 0 Å². The molecule has 0 spiro atoms. The van der Waals surface area contributed by atoms with Gasteiger partial charge in [0, 0.05) is 6.54 Å². The Morgan fingerprint density at radius 1 is 1.47 bits per heavy atom. The molecular weight excluding hydrogens is 214 g/mol. The van der Waals surface area contributed by atoms with Gasteiger partial charge in [0.1, 0.15) is 6.04 Å². The van der Waals surface area contributed by atoms with Crippen molar-refractivity contribution in [3.05, 3.63) is 34.9 Å². The highest BCUT2D eigenvalue weighted by Crippen LogP contribution is 2.22. The molecule has 0 unspecified atom stereocenters. The Balaban J connectivity index is 2.12. The lowest BCUT2D eigenvalue weighted by Gasteiger charge is -2.22. The van der Waals surface area contributed by atoms with E-state index in [-0.39, 0.29) is 6.04 Å². The van der Waals surface area contributed by atoms with Crippen molar-refractivity contribution in [2.75, 3.05) is 6.54 Å². The van der Waals surface area contributed by atoms with Crippen molar-refractivity contribution in [3.63, 3.8) is 0 Å². The van der Waals surface area contributed by atoms with Crippen LogP contribution < -0.4 is 0 Å². The Hall–Kier alpha value is -1.35. The number of aryl methyl sites for hydroxylation is 2. The smallest absolute Gasteiger partial charge is 0.320 e. The highest BCUT2D eigenvalue weighted by Gasteiger charge is 2.30. The normalized spacial score (nSPS) is 20.7. The summed E-state index contributed by atoms with van der Waals surface area (Å²) < 4.78 is 0. The molecule has 92 valence electrons. The van der Waals surface area contributed by atoms with Gasteiger partial charge in [-0.2, -0.15) is 0 Å². The van der Waals surface area contributed by atoms with Crippen molar-refractivity contribution in [3.8, 4) is 0 Å². The number of carboxylic acid groups (broad SMARTS) is 1. The molecule has 17 heavy (non-hydrogen) atoms. The van der Waals surface area contributed by atoms with Crippen LogP contribution >= 0.6 is 0 Å². The van der Waals surface area contributed by atoms with E-state index < -0.39 is 5.97 Å². The van der Waals surface area contributed by atoms with Gasteiger partial charge in [0.05, 0.1) is 0 Å². The lowest BCUT2D eigenvalue weighted by molar-refractivity contribution is -0.142. The van der Waals surface area contributed by atoms with Crippen LogP contribution in [0.25, 0.3) is 0 Å². The maximum absolute atomic E-state index is 11.1. The first-order chi connectivity index (χ1) is 8.08. The zero-order valence-corrected chi connectivity index (χ0v) is 10.4. The standard InChI is InChI=1S/C14H19NO2/c1-10-5-6-12(11(2)8-10)9-15-7-3-4-13(15)14(16)17/h5-6,8,13H,3-4,7,9H2,1-2H3,(H,16,17)/t13-/m0/s1. The minimum Gasteiger partial charge on any atom is -0.480 e. The van der Waals surface area contributed by atoms with Crippen molar-refractivity contribution in [2.45, 2.75) is 39.3 Å². The fourth-order valence-electron chi connectivity index (χ4n) is 2.54. The molecule has 0 amide bonds. The summed E-state index contributed by atoms with van der Waals surface area (Å²) in [6.45, 7) is 5.81. The molecule has 1 aliphatic rings. The van der Waals surface area contributed by atoms with E-state index in [1.165, 1.54) is 16.7 Å². The van der Waals surface area contributed by atoms with Gasteiger partial charge in [-0.15, -0.1) is 0 Å². The minimum absolute atomic E-state index is 0.296. The summed E-state index contributed by atoms with van der Waals surface area (Å²) in [6.07, 6.45) is 1.77. The van der Waals surface area contributed by atoms with E-state index in [4.69, 9.17) is 5.11 Å². The number of likely N-dealkylation sites (tertiary alicyclic amines) is 1. The molecule has 3 heteroatoms. The molecule has 1 saturated heterocycles. The maximum Gasteiger partial charge on any atom is 0.320 e. The molecule has 0 aliphatic carbocycles. The lowest BCUT2D eigenvalue weighted by Crippen LogP contribution is -2.35. The molecule has 2 rings (SSSR count).